The first-order chi connectivity index (χ1) is 9.66. The second-order valence-corrected chi connectivity index (χ2v) is 5.45. The first-order valence-electron chi connectivity index (χ1n) is 6.97. The maximum absolute atomic E-state index is 13.8. The van der Waals surface area contributed by atoms with Crippen LogP contribution in [0.2, 0.25) is 0 Å². The number of nitrogens with zero attached hydrogens (tertiary/aromatic N) is 1. The SMILES string of the molecule is CN(C)c1ccccc1NC1CCc2c(F)cccc21. The predicted molar refractivity (Wildman–Crippen MR) is 81.9 cm³/mol. The zero-order chi connectivity index (χ0) is 14.1. The summed E-state index contributed by atoms with van der Waals surface area (Å²) in [6.45, 7) is 0. The summed E-state index contributed by atoms with van der Waals surface area (Å²) in [6, 6.07) is 13.8. The van der Waals surface area contributed by atoms with Crippen LogP contribution in [0.15, 0.2) is 42.5 Å². The number of benzene rings is 2. The number of hydrogen-bond acceptors (Lipinski definition) is 2. The zero-order valence-electron chi connectivity index (χ0n) is 11.9. The van der Waals surface area contributed by atoms with Crippen molar-refractivity contribution >= 4 is 11.4 Å². The van der Waals surface area contributed by atoms with Gasteiger partial charge in [0.2, 0.25) is 0 Å². The molecule has 0 saturated heterocycles. The van der Waals surface area contributed by atoms with Gasteiger partial charge < -0.3 is 10.2 Å². The molecular weight excluding hydrogens is 251 g/mol. The van der Waals surface area contributed by atoms with E-state index in [0.717, 1.165) is 35.3 Å². The van der Waals surface area contributed by atoms with Crippen molar-refractivity contribution < 1.29 is 4.39 Å². The minimum Gasteiger partial charge on any atom is -0.377 e. The highest BCUT2D eigenvalue weighted by Crippen LogP contribution is 2.37. The molecule has 2 nitrogen and oxygen atoms in total. The maximum Gasteiger partial charge on any atom is 0.126 e. The van der Waals surface area contributed by atoms with E-state index in [1.165, 1.54) is 0 Å². The van der Waals surface area contributed by atoms with Gasteiger partial charge >= 0.3 is 0 Å². The molecule has 1 aliphatic carbocycles. The molecule has 1 N–H and O–H groups in total. The van der Waals surface area contributed by atoms with Crippen LogP contribution in [0.5, 0.6) is 0 Å². The van der Waals surface area contributed by atoms with E-state index in [2.05, 4.69) is 22.3 Å². The fourth-order valence-corrected chi connectivity index (χ4v) is 2.93. The van der Waals surface area contributed by atoms with Crippen LogP contribution in [0.25, 0.3) is 0 Å². The highest BCUT2D eigenvalue weighted by Gasteiger charge is 2.25. The topological polar surface area (TPSA) is 15.3 Å². The van der Waals surface area contributed by atoms with E-state index < -0.39 is 0 Å². The van der Waals surface area contributed by atoms with Crippen LogP contribution >= 0.6 is 0 Å². The lowest BCUT2D eigenvalue weighted by atomic mass is 10.1. The molecule has 0 radical (unpaired) electrons. The fourth-order valence-electron chi connectivity index (χ4n) is 2.93. The third-order valence-electron chi connectivity index (χ3n) is 3.93. The van der Waals surface area contributed by atoms with Crippen molar-refractivity contribution in [1.82, 2.24) is 0 Å². The summed E-state index contributed by atoms with van der Waals surface area (Å²) in [5.74, 6) is -0.0762. The van der Waals surface area contributed by atoms with E-state index in [1.807, 2.05) is 32.3 Å². The second-order valence-electron chi connectivity index (χ2n) is 5.45. The van der Waals surface area contributed by atoms with E-state index >= 15 is 0 Å². The molecule has 0 amide bonds. The lowest BCUT2D eigenvalue weighted by Gasteiger charge is -2.22. The molecule has 0 heterocycles. The Morgan fingerprint density at radius 3 is 2.70 bits per heavy atom. The molecule has 104 valence electrons. The van der Waals surface area contributed by atoms with E-state index in [1.54, 1.807) is 12.1 Å². The molecule has 2 aromatic carbocycles. The van der Waals surface area contributed by atoms with Crippen molar-refractivity contribution in [2.45, 2.75) is 18.9 Å². The van der Waals surface area contributed by atoms with Crippen LogP contribution in [0, 0.1) is 5.82 Å². The van der Waals surface area contributed by atoms with Gasteiger partial charge in [-0.2, -0.15) is 0 Å². The summed E-state index contributed by atoms with van der Waals surface area (Å²) < 4.78 is 13.8. The monoisotopic (exact) mass is 270 g/mol. The Balaban J connectivity index is 1.90. The Morgan fingerprint density at radius 2 is 1.90 bits per heavy atom. The highest BCUT2D eigenvalue weighted by molar-refractivity contribution is 5.70. The van der Waals surface area contributed by atoms with Crippen LogP contribution < -0.4 is 10.2 Å². The van der Waals surface area contributed by atoms with Gasteiger partial charge in [0, 0.05) is 14.1 Å². The quantitative estimate of drug-likeness (QED) is 0.907. The number of rotatable bonds is 3. The Labute approximate surface area is 119 Å². The lowest BCUT2D eigenvalue weighted by Crippen LogP contribution is -2.14. The van der Waals surface area contributed by atoms with Crippen molar-refractivity contribution in [2.24, 2.45) is 0 Å². The fraction of sp³-hybridized carbons (Fsp3) is 0.294. The van der Waals surface area contributed by atoms with Crippen LogP contribution in [-0.2, 0) is 6.42 Å². The van der Waals surface area contributed by atoms with Gasteiger partial charge in [-0.25, -0.2) is 4.39 Å². The Kier molecular flexibility index (Phi) is 3.35. The summed E-state index contributed by atoms with van der Waals surface area (Å²) >= 11 is 0. The van der Waals surface area contributed by atoms with Gasteiger partial charge in [0.1, 0.15) is 5.82 Å². The van der Waals surface area contributed by atoms with Crippen molar-refractivity contribution in [2.75, 3.05) is 24.3 Å². The third kappa shape index (κ3) is 2.24. The maximum atomic E-state index is 13.8. The molecule has 0 saturated carbocycles. The third-order valence-corrected chi connectivity index (χ3v) is 3.93. The molecule has 20 heavy (non-hydrogen) atoms. The van der Waals surface area contributed by atoms with Crippen LogP contribution in [0.3, 0.4) is 0 Å². The minimum absolute atomic E-state index is 0.0762. The van der Waals surface area contributed by atoms with E-state index in [4.69, 9.17) is 0 Å². The molecule has 0 aromatic heterocycles. The van der Waals surface area contributed by atoms with Gasteiger partial charge in [-0.1, -0.05) is 24.3 Å². The van der Waals surface area contributed by atoms with Crippen LogP contribution in [0.1, 0.15) is 23.6 Å². The average molecular weight is 270 g/mol. The molecule has 0 fully saturated rings. The number of para-hydroxylation sites is 2. The number of fused-ring (bicyclic) bond motifs is 1. The van der Waals surface area contributed by atoms with Gasteiger partial charge in [-0.3, -0.25) is 0 Å². The zero-order valence-corrected chi connectivity index (χ0v) is 11.9. The second kappa shape index (κ2) is 5.16. The lowest BCUT2D eigenvalue weighted by molar-refractivity contribution is 0.612. The summed E-state index contributed by atoms with van der Waals surface area (Å²) in [4.78, 5) is 2.09. The average Bonchev–Trinajstić information content (AvgIpc) is 2.84. The van der Waals surface area contributed by atoms with Crippen molar-refractivity contribution in [3.63, 3.8) is 0 Å². The standard InChI is InChI=1S/C17H19FN2/c1-20(2)17-9-4-3-8-16(17)19-15-11-10-12-13(15)6-5-7-14(12)18/h3-9,15,19H,10-11H2,1-2H3. The number of anilines is 2. The summed E-state index contributed by atoms with van der Waals surface area (Å²) in [5.41, 5.74) is 4.21. The van der Waals surface area contributed by atoms with Crippen LogP contribution in [0.4, 0.5) is 15.8 Å². The summed E-state index contributed by atoms with van der Waals surface area (Å²) in [6.07, 6.45) is 1.75. The predicted octanol–water partition coefficient (Wildman–Crippen LogP) is 3.99. The highest BCUT2D eigenvalue weighted by atomic mass is 19.1. The van der Waals surface area contributed by atoms with E-state index in [-0.39, 0.29) is 11.9 Å². The van der Waals surface area contributed by atoms with E-state index in [0.29, 0.717) is 0 Å². The minimum atomic E-state index is -0.0762. The van der Waals surface area contributed by atoms with Crippen LogP contribution in [-0.4, -0.2) is 14.1 Å². The Bertz CT molecular complexity index is 622. The first kappa shape index (κ1) is 13.0. The molecular formula is C17H19FN2. The molecule has 1 unspecified atom stereocenters. The van der Waals surface area contributed by atoms with Crippen molar-refractivity contribution in [3.05, 3.63) is 59.4 Å². The van der Waals surface area contributed by atoms with Gasteiger partial charge in [0.25, 0.3) is 0 Å². The molecule has 0 aliphatic heterocycles. The first-order valence-corrected chi connectivity index (χ1v) is 6.97. The number of halogens is 1. The summed E-state index contributed by atoms with van der Waals surface area (Å²) in [5, 5.41) is 3.57. The molecule has 3 rings (SSSR count). The number of nitrogens with one attached hydrogen (secondary N) is 1. The largest absolute Gasteiger partial charge is 0.377 e. The van der Waals surface area contributed by atoms with Crippen molar-refractivity contribution in [1.29, 1.82) is 0 Å². The Hall–Kier alpha value is -2.03. The molecule has 1 aliphatic rings. The molecule has 3 heteroatoms. The molecule has 1 atom stereocenters. The van der Waals surface area contributed by atoms with Gasteiger partial charge in [-0.15, -0.1) is 0 Å². The molecule has 0 spiro atoms. The van der Waals surface area contributed by atoms with Gasteiger partial charge in [0.15, 0.2) is 0 Å². The van der Waals surface area contributed by atoms with Gasteiger partial charge in [-0.05, 0) is 42.2 Å². The molecule has 0 bridgehead atoms. The van der Waals surface area contributed by atoms with Crippen molar-refractivity contribution in [3.8, 4) is 0 Å². The molecule has 2 aromatic rings. The van der Waals surface area contributed by atoms with Gasteiger partial charge in [0.05, 0.1) is 17.4 Å². The Morgan fingerprint density at radius 1 is 1.10 bits per heavy atom. The smallest absolute Gasteiger partial charge is 0.126 e. The normalized spacial score (nSPS) is 16.9. The van der Waals surface area contributed by atoms with E-state index in [9.17, 15) is 4.39 Å². The number of hydrogen-bond donors (Lipinski definition) is 1. The summed E-state index contributed by atoms with van der Waals surface area (Å²) in [7, 11) is 4.06.